The third kappa shape index (κ3) is 11.6. The number of aliphatic imine (C=N–C) groups is 2. The van der Waals surface area contributed by atoms with Gasteiger partial charge >= 0.3 is 10.4 Å². The van der Waals surface area contributed by atoms with Gasteiger partial charge in [-0.3, -0.25) is 14.4 Å². The summed E-state index contributed by atoms with van der Waals surface area (Å²) in [6.45, 7) is 1.01. The zero-order valence-corrected chi connectivity index (χ0v) is 14.7. The van der Waals surface area contributed by atoms with E-state index in [9.17, 15) is 0 Å². The number of nitrogens with two attached hydrogens (primary N) is 2. The first kappa shape index (κ1) is 21.1. The van der Waals surface area contributed by atoms with Gasteiger partial charge in [-0.15, -0.1) is 0 Å². The minimum absolute atomic E-state index is 0.258. The predicted molar refractivity (Wildman–Crippen MR) is 101 cm³/mol. The average Bonchev–Trinajstić information content (AvgIpc) is 2.59. The van der Waals surface area contributed by atoms with Gasteiger partial charge in [0.15, 0.2) is 11.9 Å². The van der Waals surface area contributed by atoms with Crippen molar-refractivity contribution in [2.24, 2.45) is 21.5 Å². The Morgan fingerprint density at radius 3 is 1.42 bits per heavy atom. The fourth-order valence-electron chi connectivity index (χ4n) is 1.73. The summed E-state index contributed by atoms with van der Waals surface area (Å²) >= 11 is 0. The summed E-state index contributed by atoms with van der Waals surface area (Å²) in [5, 5.41) is 2.78. The molecule has 0 unspecified atom stereocenters. The molecule has 0 radical (unpaired) electrons. The highest BCUT2D eigenvalue weighted by molar-refractivity contribution is 7.79. The molecule has 9 nitrogen and oxygen atoms in total. The lowest BCUT2D eigenvalue weighted by Gasteiger charge is -2.05. The molecule has 26 heavy (non-hydrogen) atoms. The molecule has 0 saturated heterocycles. The van der Waals surface area contributed by atoms with Crippen molar-refractivity contribution in [1.29, 1.82) is 0 Å². The summed E-state index contributed by atoms with van der Waals surface area (Å²) in [5.41, 5.74) is 13.7. The van der Waals surface area contributed by atoms with E-state index >= 15 is 0 Å². The molecule has 140 valence electrons. The van der Waals surface area contributed by atoms with E-state index in [0.717, 1.165) is 11.1 Å². The zero-order chi connectivity index (χ0) is 19.4. The maximum atomic E-state index is 8.74. The summed E-state index contributed by atoms with van der Waals surface area (Å²) in [7, 11) is -4.67. The molecule has 0 spiro atoms. The second kappa shape index (κ2) is 10.8. The van der Waals surface area contributed by atoms with Crippen LogP contribution in [-0.2, 0) is 23.5 Å². The van der Waals surface area contributed by atoms with Gasteiger partial charge in [-0.25, -0.2) is 9.98 Å². The normalized spacial score (nSPS) is 12.1. The quantitative estimate of drug-likeness (QED) is 0.300. The fraction of sp³-hybridized carbons (Fsp3) is 0.125. The summed E-state index contributed by atoms with van der Waals surface area (Å²) in [4.78, 5) is 8.42. The first-order chi connectivity index (χ1) is 12.2. The van der Waals surface area contributed by atoms with Crippen LogP contribution < -0.4 is 16.8 Å². The molecule has 2 rings (SSSR count). The molecular formula is C16H21N5O4S. The Hall–Kier alpha value is -2.95. The van der Waals surface area contributed by atoms with Crippen LogP contribution in [0, 0.1) is 0 Å². The Morgan fingerprint density at radius 2 is 1.12 bits per heavy atom. The Labute approximate surface area is 152 Å². The Balaban J connectivity index is 0.000000597. The van der Waals surface area contributed by atoms with Crippen molar-refractivity contribution in [3.63, 3.8) is 0 Å². The van der Waals surface area contributed by atoms with E-state index in [4.69, 9.17) is 29.0 Å². The van der Waals surface area contributed by atoms with Crippen LogP contribution in [0.4, 0.5) is 0 Å². The van der Waals surface area contributed by atoms with Gasteiger partial charge in [-0.05, 0) is 11.1 Å². The number of guanidine groups is 2. The van der Waals surface area contributed by atoms with Crippen molar-refractivity contribution >= 4 is 22.3 Å². The summed E-state index contributed by atoms with van der Waals surface area (Å²) in [5.74, 6) is 0.515. The molecular weight excluding hydrogens is 358 g/mol. The SMILES string of the molecule is NC(=NCc1ccccc1)NC(N)=NCc1ccccc1.O=S(=O)(O)O. The Bertz CT molecular complexity index is 761. The van der Waals surface area contributed by atoms with Crippen molar-refractivity contribution in [2.45, 2.75) is 13.1 Å². The van der Waals surface area contributed by atoms with E-state index in [2.05, 4.69) is 15.3 Å². The van der Waals surface area contributed by atoms with Gasteiger partial charge in [-0.1, -0.05) is 60.7 Å². The Kier molecular flexibility index (Phi) is 8.78. The van der Waals surface area contributed by atoms with Crippen molar-refractivity contribution in [2.75, 3.05) is 0 Å². The van der Waals surface area contributed by atoms with Crippen molar-refractivity contribution in [3.05, 3.63) is 71.8 Å². The fourth-order valence-corrected chi connectivity index (χ4v) is 1.73. The molecule has 0 aliphatic rings. The highest BCUT2D eigenvalue weighted by Gasteiger charge is 1.96. The first-order valence-corrected chi connectivity index (χ1v) is 8.78. The molecule has 2 aromatic rings. The molecule has 0 aliphatic carbocycles. The summed E-state index contributed by atoms with van der Waals surface area (Å²) in [6.07, 6.45) is 0. The number of benzene rings is 2. The molecule has 0 saturated carbocycles. The van der Waals surface area contributed by atoms with Gasteiger partial charge in [0.1, 0.15) is 0 Å². The Morgan fingerprint density at radius 1 is 0.808 bits per heavy atom. The van der Waals surface area contributed by atoms with Crippen LogP contribution in [0.15, 0.2) is 70.6 Å². The van der Waals surface area contributed by atoms with Crippen LogP contribution in [0.25, 0.3) is 0 Å². The van der Waals surface area contributed by atoms with E-state index in [-0.39, 0.29) is 11.9 Å². The average molecular weight is 379 g/mol. The van der Waals surface area contributed by atoms with Crippen LogP contribution in [-0.4, -0.2) is 29.4 Å². The van der Waals surface area contributed by atoms with Gasteiger partial charge in [-0.2, -0.15) is 8.42 Å². The highest BCUT2D eigenvalue weighted by atomic mass is 32.3. The zero-order valence-electron chi connectivity index (χ0n) is 13.9. The monoisotopic (exact) mass is 379 g/mol. The highest BCUT2D eigenvalue weighted by Crippen LogP contribution is 2.00. The van der Waals surface area contributed by atoms with Gasteiger partial charge in [0.2, 0.25) is 0 Å². The summed E-state index contributed by atoms with van der Waals surface area (Å²) in [6, 6.07) is 19.7. The number of nitrogens with one attached hydrogen (secondary N) is 1. The van der Waals surface area contributed by atoms with E-state index < -0.39 is 10.4 Å². The topological polar surface area (TPSA) is 163 Å². The number of nitrogens with zero attached hydrogens (tertiary/aromatic N) is 2. The van der Waals surface area contributed by atoms with Crippen LogP contribution in [0.5, 0.6) is 0 Å². The molecule has 0 fully saturated rings. The van der Waals surface area contributed by atoms with E-state index in [1.165, 1.54) is 0 Å². The van der Waals surface area contributed by atoms with Crippen LogP contribution in [0.2, 0.25) is 0 Å². The molecule has 0 atom stereocenters. The van der Waals surface area contributed by atoms with Gasteiger partial charge in [0.05, 0.1) is 13.1 Å². The second-order valence-corrected chi connectivity index (χ2v) is 5.84. The van der Waals surface area contributed by atoms with E-state index in [0.29, 0.717) is 13.1 Å². The van der Waals surface area contributed by atoms with Crippen LogP contribution in [0.1, 0.15) is 11.1 Å². The molecule has 7 N–H and O–H groups in total. The van der Waals surface area contributed by atoms with Crippen molar-refractivity contribution in [1.82, 2.24) is 5.32 Å². The van der Waals surface area contributed by atoms with E-state index in [1.54, 1.807) is 0 Å². The maximum absolute atomic E-state index is 8.74. The third-order valence-corrected chi connectivity index (χ3v) is 2.81. The molecule has 0 amide bonds. The van der Waals surface area contributed by atoms with Crippen molar-refractivity contribution in [3.8, 4) is 0 Å². The number of hydrogen-bond donors (Lipinski definition) is 5. The molecule has 0 heterocycles. The van der Waals surface area contributed by atoms with E-state index in [1.807, 2.05) is 60.7 Å². The molecule has 0 aliphatic heterocycles. The smallest absolute Gasteiger partial charge is 0.370 e. The molecule has 0 bridgehead atoms. The maximum Gasteiger partial charge on any atom is 0.394 e. The lowest BCUT2D eigenvalue weighted by molar-refractivity contribution is 0.381. The molecule has 0 aromatic heterocycles. The lowest BCUT2D eigenvalue weighted by Crippen LogP contribution is -2.41. The van der Waals surface area contributed by atoms with Crippen LogP contribution >= 0.6 is 0 Å². The summed E-state index contributed by atoms with van der Waals surface area (Å²) < 4.78 is 31.6. The molecule has 10 heteroatoms. The van der Waals surface area contributed by atoms with Gasteiger partial charge < -0.3 is 11.5 Å². The third-order valence-electron chi connectivity index (χ3n) is 2.81. The number of hydrogen-bond acceptors (Lipinski definition) is 4. The standard InChI is InChI=1S/C16H19N5.H2O4S/c17-15(19-11-13-7-3-1-4-8-13)21-16(18)20-12-14-9-5-2-6-10-14;1-5(2,3)4/h1-10H,11-12H2,(H5,17,18,19,20,21);(H2,1,2,3,4). The van der Waals surface area contributed by atoms with Crippen LogP contribution in [0.3, 0.4) is 0 Å². The predicted octanol–water partition coefficient (Wildman–Crippen LogP) is 0.953. The number of rotatable bonds is 4. The lowest BCUT2D eigenvalue weighted by atomic mass is 10.2. The first-order valence-electron chi connectivity index (χ1n) is 7.38. The van der Waals surface area contributed by atoms with Crippen molar-refractivity contribution < 1.29 is 17.5 Å². The van der Waals surface area contributed by atoms with Gasteiger partial charge in [0, 0.05) is 0 Å². The second-order valence-electron chi connectivity index (χ2n) is 4.95. The minimum Gasteiger partial charge on any atom is -0.370 e. The minimum atomic E-state index is -4.67. The largest absolute Gasteiger partial charge is 0.394 e. The van der Waals surface area contributed by atoms with Gasteiger partial charge in [0.25, 0.3) is 0 Å². The molecule has 2 aromatic carbocycles.